The number of rotatable bonds is 4. The number of halogens is 1. The number of benzene rings is 2. The zero-order valence-corrected chi connectivity index (χ0v) is 17.5. The lowest BCUT2D eigenvalue weighted by molar-refractivity contribution is -0.115. The summed E-state index contributed by atoms with van der Waals surface area (Å²) in [5.41, 5.74) is 4.37. The number of nitrogens with one attached hydrogen (secondary N) is 1. The first kappa shape index (κ1) is 19.7. The maximum absolute atomic E-state index is 14.7. The number of amidine groups is 1. The molecule has 2 fully saturated rings. The zero-order valence-electron chi connectivity index (χ0n) is 16.7. The summed E-state index contributed by atoms with van der Waals surface area (Å²) in [4.78, 5) is 19.5. The topological polar surface area (TPSA) is 44.7 Å². The van der Waals surface area contributed by atoms with Crippen molar-refractivity contribution in [2.75, 3.05) is 18.0 Å². The van der Waals surface area contributed by atoms with Crippen molar-refractivity contribution in [2.45, 2.75) is 33.1 Å². The van der Waals surface area contributed by atoms with Crippen LogP contribution in [-0.4, -0.2) is 24.2 Å². The van der Waals surface area contributed by atoms with Crippen LogP contribution in [0.15, 0.2) is 46.3 Å². The standard InChI is InChI=1S/C23H24FN3OS/c1-3-16-6-8-18(9-7-16)25-23-26-22(28)21(29-23)14-17-13-19(24)20(12-15(17)2)27-10-4-5-11-27/h6-9,12-14H,3-5,10-11H2,1-2H3,(H,25,26,28)/b21-14-. The quantitative estimate of drug-likeness (QED) is 0.707. The van der Waals surface area contributed by atoms with Gasteiger partial charge in [-0.3, -0.25) is 4.79 Å². The molecule has 0 saturated carbocycles. The number of carbonyl (C=O) groups excluding carboxylic acids is 1. The van der Waals surface area contributed by atoms with Gasteiger partial charge >= 0.3 is 0 Å². The van der Waals surface area contributed by atoms with Crippen LogP contribution in [0.3, 0.4) is 0 Å². The zero-order chi connectivity index (χ0) is 20.4. The maximum Gasteiger partial charge on any atom is 0.264 e. The van der Waals surface area contributed by atoms with E-state index in [9.17, 15) is 9.18 Å². The Morgan fingerprint density at radius 3 is 2.62 bits per heavy atom. The van der Waals surface area contributed by atoms with Crippen LogP contribution in [-0.2, 0) is 11.2 Å². The number of anilines is 1. The lowest BCUT2D eigenvalue weighted by Gasteiger charge is -2.19. The van der Waals surface area contributed by atoms with E-state index in [1.807, 2.05) is 37.3 Å². The Kier molecular flexibility index (Phi) is 5.72. The highest BCUT2D eigenvalue weighted by Gasteiger charge is 2.24. The second-order valence-corrected chi connectivity index (χ2v) is 8.39. The van der Waals surface area contributed by atoms with Crippen LogP contribution in [0, 0.1) is 12.7 Å². The van der Waals surface area contributed by atoms with Gasteiger partial charge in [0.25, 0.3) is 5.91 Å². The van der Waals surface area contributed by atoms with Gasteiger partial charge in [-0.1, -0.05) is 19.1 Å². The van der Waals surface area contributed by atoms with E-state index in [1.54, 1.807) is 6.08 Å². The Morgan fingerprint density at radius 1 is 1.21 bits per heavy atom. The van der Waals surface area contributed by atoms with Gasteiger partial charge in [-0.05, 0) is 85.0 Å². The molecule has 1 N–H and O–H groups in total. The van der Waals surface area contributed by atoms with E-state index in [0.29, 0.717) is 15.8 Å². The monoisotopic (exact) mass is 409 g/mol. The fourth-order valence-corrected chi connectivity index (χ4v) is 4.42. The third-order valence-corrected chi connectivity index (χ3v) is 6.20. The second-order valence-electron chi connectivity index (χ2n) is 7.36. The smallest absolute Gasteiger partial charge is 0.264 e. The number of aryl methyl sites for hydroxylation is 2. The molecule has 0 bridgehead atoms. The van der Waals surface area contributed by atoms with Crippen LogP contribution in [0.4, 0.5) is 15.8 Å². The highest BCUT2D eigenvalue weighted by molar-refractivity contribution is 8.18. The van der Waals surface area contributed by atoms with Gasteiger partial charge < -0.3 is 10.2 Å². The first-order chi connectivity index (χ1) is 14.0. The van der Waals surface area contributed by atoms with E-state index < -0.39 is 0 Å². The number of aliphatic imine (C=N–C) groups is 1. The SMILES string of the molecule is CCc1ccc(N=C2NC(=O)/C(=C/c3cc(F)c(N4CCCC4)cc3C)S2)cc1. The lowest BCUT2D eigenvalue weighted by atomic mass is 10.1. The summed E-state index contributed by atoms with van der Waals surface area (Å²) in [7, 11) is 0. The molecule has 150 valence electrons. The largest absolute Gasteiger partial charge is 0.369 e. The molecular weight excluding hydrogens is 385 g/mol. The van der Waals surface area contributed by atoms with Crippen molar-refractivity contribution in [3.8, 4) is 0 Å². The van der Waals surface area contributed by atoms with Crippen molar-refractivity contribution in [2.24, 2.45) is 4.99 Å². The molecule has 0 aliphatic carbocycles. The molecule has 4 rings (SSSR count). The molecule has 29 heavy (non-hydrogen) atoms. The van der Waals surface area contributed by atoms with Gasteiger partial charge in [-0.15, -0.1) is 0 Å². The fraction of sp³-hybridized carbons (Fsp3) is 0.304. The summed E-state index contributed by atoms with van der Waals surface area (Å²) in [6, 6.07) is 11.4. The average Bonchev–Trinajstić information content (AvgIpc) is 3.35. The Morgan fingerprint density at radius 2 is 1.93 bits per heavy atom. The molecule has 2 saturated heterocycles. The van der Waals surface area contributed by atoms with Crippen molar-refractivity contribution < 1.29 is 9.18 Å². The maximum atomic E-state index is 14.7. The minimum atomic E-state index is -0.238. The number of hydrogen-bond acceptors (Lipinski definition) is 4. The molecule has 2 aromatic carbocycles. The van der Waals surface area contributed by atoms with Gasteiger partial charge in [-0.25, -0.2) is 9.38 Å². The van der Waals surface area contributed by atoms with Gasteiger partial charge in [0.05, 0.1) is 16.3 Å². The van der Waals surface area contributed by atoms with E-state index in [4.69, 9.17) is 0 Å². The van der Waals surface area contributed by atoms with Crippen LogP contribution in [0.25, 0.3) is 6.08 Å². The van der Waals surface area contributed by atoms with E-state index in [0.717, 1.165) is 49.2 Å². The van der Waals surface area contributed by atoms with Gasteiger partial charge in [0.2, 0.25) is 0 Å². The lowest BCUT2D eigenvalue weighted by Crippen LogP contribution is -2.19. The third kappa shape index (κ3) is 4.37. The summed E-state index contributed by atoms with van der Waals surface area (Å²) in [6.07, 6.45) is 4.92. The molecule has 4 nitrogen and oxygen atoms in total. The number of amides is 1. The highest BCUT2D eigenvalue weighted by atomic mass is 32.2. The molecule has 2 aromatic rings. The molecule has 0 aromatic heterocycles. The third-order valence-electron chi connectivity index (χ3n) is 5.29. The predicted octanol–water partition coefficient (Wildman–Crippen LogP) is 5.19. The number of carbonyl (C=O) groups is 1. The molecule has 2 heterocycles. The predicted molar refractivity (Wildman–Crippen MR) is 119 cm³/mol. The van der Waals surface area contributed by atoms with Crippen molar-refractivity contribution in [1.29, 1.82) is 0 Å². The number of hydrogen-bond donors (Lipinski definition) is 1. The average molecular weight is 410 g/mol. The van der Waals surface area contributed by atoms with Gasteiger partial charge in [0.1, 0.15) is 5.82 Å². The molecule has 1 amide bonds. The Labute approximate surface area is 174 Å². The summed E-state index contributed by atoms with van der Waals surface area (Å²) >= 11 is 1.28. The first-order valence-electron chi connectivity index (χ1n) is 9.97. The molecule has 2 aliphatic rings. The molecule has 6 heteroatoms. The normalized spacial score (nSPS) is 19.4. The minimum Gasteiger partial charge on any atom is -0.369 e. The van der Waals surface area contributed by atoms with Crippen molar-refractivity contribution in [3.63, 3.8) is 0 Å². The van der Waals surface area contributed by atoms with E-state index in [-0.39, 0.29) is 11.7 Å². The van der Waals surface area contributed by atoms with Crippen molar-refractivity contribution in [1.82, 2.24) is 5.32 Å². The fourth-order valence-electron chi connectivity index (χ4n) is 3.58. The molecule has 2 aliphatic heterocycles. The highest BCUT2D eigenvalue weighted by Crippen LogP contribution is 2.32. The Balaban J connectivity index is 1.55. The van der Waals surface area contributed by atoms with E-state index in [2.05, 4.69) is 22.1 Å². The van der Waals surface area contributed by atoms with Gasteiger partial charge in [-0.2, -0.15) is 0 Å². The van der Waals surface area contributed by atoms with Crippen molar-refractivity contribution >= 4 is 40.3 Å². The molecule has 0 atom stereocenters. The van der Waals surface area contributed by atoms with E-state index in [1.165, 1.54) is 23.4 Å². The van der Waals surface area contributed by atoms with E-state index >= 15 is 0 Å². The van der Waals surface area contributed by atoms with Crippen LogP contribution in [0.1, 0.15) is 36.5 Å². The van der Waals surface area contributed by atoms with Gasteiger partial charge in [0, 0.05) is 13.1 Å². The summed E-state index contributed by atoms with van der Waals surface area (Å²) < 4.78 is 14.7. The van der Waals surface area contributed by atoms with Crippen LogP contribution >= 0.6 is 11.8 Å². The van der Waals surface area contributed by atoms with Gasteiger partial charge in [0.15, 0.2) is 5.17 Å². The van der Waals surface area contributed by atoms with Crippen LogP contribution < -0.4 is 10.2 Å². The minimum absolute atomic E-state index is 0.206. The molecular formula is C23H24FN3OS. The number of nitrogens with zero attached hydrogens (tertiary/aromatic N) is 2. The number of thioether (sulfide) groups is 1. The Hall–Kier alpha value is -2.60. The molecule has 0 spiro atoms. The molecule has 0 unspecified atom stereocenters. The Bertz CT molecular complexity index is 992. The molecule has 0 radical (unpaired) electrons. The van der Waals surface area contributed by atoms with Crippen molar-refractivity contribution in [3.05, 3.63) is 63.8 Å². The van der Waals surface area contributed by atoms with Crippen LogP contribution in [0.2, 0.25) is 0 Å². The summed E-state index contributed by atoms with van der Waals surface area (Å²) in [5, 5.41) is 3.33. The summed E-state index contributed by atoms with van der Waals surface area (Å²) in [6.45, 7) is 5.85. The second kappa shape index (κ2) is 8.41. The summed E-state index contributed by atoms with van der Waals surface area (Å²) in [5.74, 6) is -0.444. The first-order valence-corrected chi connectivity index (χ1v) is 10.8. The van der Waals surface area contributed by atoms with Crippen LogP contribution in [0.5, 0.6) is 0 Å².